The summed E-state index contributed by atoms with van der Waals surface area (Å²) in [6.45, 7) is 8.33. The van der Waals surface area contributed by atoms with Crippen LogP contribution in [0.2, 0.25) is 0 Å². The van der Waals surface area contributed by atoms with Gasteiger partial charge in [0.1, 0.15) is 0 Å². The van der Waals surface area contributed by atoms with Gasteiger partial charge in [0.15, 0.2) is 0 Å². The molecule has 0 aliphatic heterocycles. The molecule has 1 atom stereocenters. The number of nitrogens with zero attached hydrogens (tertiary/aromatic N) is 1. The SMILES string of the molecule is CCN=C(C)C(C)(O)CC.[Yb]. The second-order valence-corrected chi connectivity index (χ2v) is 2.69. The third-order valence-electron chi connectivity index (χ3n) is 1.86. The van der Waals surface area contributed by atoms with E-state index in [-0.39, 0.29) is 46.9 Å². The van der Waals surface area contributed by atoms with Crippen LogP contribution in [-0.2, 0) is 0 Å². The zero-order chi connectivity index (χ0) is 8.20. The Hall–Kier alpha value is 1.15. The first kappa shape index (κ1) is 14.7. The third kappa shape index (κ3) is 5.40. The average molecular weight is 316 g/mol. The van der Waals surface area contributed by atoms with Crippen LogP contribution < -0.4 is 0 Å². The van der Waals surface area contributed by atoms with Gasteiger partial charge in [-0.2, -0.15) is 0 Å². The molecule has 0 aromatic rings. The van der Waals surface area contributed by atoms with Gasteiger partial charge in [0.2, 0.25) is 0 Å². The molecular weight excluding hydrogens is 299 g/mol. The Morgan fingerprint density at radius 1 is 1.45 bits per heavy atom. The standard InChI is InChI=1S/C8H17NO.Yb/c1-5-8(4,10)7(3)9-6-2;/h10H,5-6H2,1-4H3;. The Labute approximate surface area is 108 Å². The Morgan fingerprint density at radius 3 is 2.18 bits per heavy atom. The fraction of sp³-hybridized carbons (Fsp3) is 0.875. The summed E-state index contributed by atoms with van der Waals surface area (Å²) in [5.41, 5.74) is 0.133. The predicted octanol–water partition coefficient (Wildman–Crippen LogP) is 1.63. The molecule has 11 heavy (non-hydrogen) atoms. The monoisotopic (exact) mass is 317 g/mol. The molecule has 2 nitrogen and oxygen atoms in total. The summed E-state index contributed by atoms with van der Waals surface area (Å²) < 4.78 is 0. The van der Waals surface area contributed by atoms with E-state index < -0.39 is 5.60 Å². The second-order valence-electron chi connectivity index (χ2n) is 2.69. The Bertz CT molecular complexity index is 132. The predicted molar refractivity (Wildman–Crippen MR) is 44.6 cm³/mol. The molecule has 0 spiro atoms. The fourth-order valence-corrected chi connectivity index (χ4v) is 0.663. The van der Waals surface area contributed by atoms with E-state index in [0.29, 0.717) is 0 Å². The topological polar surface area (TPSA) is 32.6 Å². The smallest absolute Gasteiger partial charge is 0.0988 e. The normalized spacial score (nSPS) is 17.0. The van der Waals surface area contributed by atoms with Crippen LogP contribution >= 0.6 is 0 Å². The van der Waals surface area contributed by atoms with Gasteiger partial charge in [0.05, 0.1) is 5.60 Å². The van der Waals surface area contributed by atoms with Crippen LogP contribution in [0.1, 0.15) is 34.1 Å². The summed E-state index contributed by atoms with van der Waals surface area (Å²) in [5, 5.41) is 9.59. The van der Waals surface area contributed by atoms with Crippen molar-refractivity contribution in [3.05, 3.63) is 0 Å². The fourth-order valence-electron chi connectivity index (χ4n) is 0.663. The molecular formula is C8H17NOYb. The van der Waals surface area contributed by atoms with E-state index in [2.05, 4.69) is 4.99 Å². The molecule has 0 saturated carbocycles. The van der Waals surface area contributed by atoms with Crippen molar-refractivity contribution in [3.63, 3.8) is 0 Å². The summed E-state index contributed by atoms with van der Waals surface area (Å²) in [5.74, 6) is 0. The molecule has 74 valence electrons. The molecule has 0 bridgehead atoms. The van der Waals surface area contributed by atoms with Crippen LogP contribution in [0.5, 0.6) is 0 Å². The van der Waals surface area contributed by atoms with Crippen molar-refractivity contribution in [1.29, 1.82) is 0 Å². The van der Waals surface area contributed by atoms with E-state index in [4.69, 9.17) is 0 Å². The molecule has 0 heterocycles. The minimum absolute atomic E-state index is 0. The zero-order valence-corrected chi connectivity index (χ0v) is 9.29. The van der Waals surface area contributed by atoms with E-state index in [9.17, 15) is 5.11 Å². The molecule has 0 rings (SSSR count). The molecule has 0 aromatic carbocycles. The molecule has 0 aliphatic carbocycles. The largest absolute Gasteiger partial charge is 0.384 e. The Kier molecular flexibility index (Phi) is 8.85. The summed E-state index contributed by atoms with van der Waals surface area (Å²) in [7, 11) is 0. The molecule has 3 heteroatoms. The van der Waals surface area contributed by atoms with Crippen LogP contribution in [0, 0.1) is 46.9 Å². The first-order valence-electron chi connectivity index (χ1n) is 3.78. The molecule has 1 N–H and O–H groups in total. The van der Waals surface area contributed by atoms with Crippen molar-refractivity contribution in [2.24, 2.45) is 4.99 Å². The Balaban J connectivity index is 0. The second kappa shape index (κ2) is 6.64. The number of aliphatic imine (C=N–C) groups is 1. The van der Waals surface area contributed by atoms with Crippen molar-refractivity contribution < 1.29 is 52.0 Å². The quantitative estimate of drug-likeness (QED) is 0.789. The first-order chi connectivity index (χ1) is 4.54. The third-order valence-corrected chi connectivity index (χ3v) is 1.86. The molecule has 1 unspecified atom stereocenters. The van der Waals surface area contributed by atoms with E-state index in [1.54, 1.807) is 6.92 Å². The average Bonchev–Trinajstić information content (AvgIpc) is 1.89. The van der Waals surface area contributed by atoms with Crippen molar-refractivity contribution >= 4 is 5.71 Å². The zero-order valence-electron chi connectivity index (χ0n) is 7.58. The van der Waals surface area contributed by atoms with Gasteiger partial charge in [-0.25, -0.2) is 0 Å². The van der Waals surface area contributed by atoms with Gasteiger partial charge in [-0.05, 0) is 27.2 Å². The van der Waals surface area contributed by atoms with Crippen LogP contribution in [0.25, 0.3) is 0 Å². The first-order valence-corrected chi connectivity index (χ1v) is 3.78. The summed E-state index contributed by atoms with van der Waals surface area (Å²) in [6, 6.07) is 0. The van der Waals surface area contributed by atoms with E-state index in [0.717, 1.165) is 18.7 Å². The molecule has 0 amide bonds. The van der Waals surface area contributed by atoms with Crippen molar-refractivity contribution in [2.75, 3.05) is 6.54 Å². The minimum atomic E-state index is -0.698. The summed E-state index contributed by atoms with van der Waals surface area (Å²) in [4.78, 5) is 4.13. The van der Waals surface area contributed by atoms with Gasteiger partial charge >= 0.3 is 0 Å². The molecule has 0 aliphatic rings. The minimum Gasteiger partial charge on any atom is -0.384 e. The van der Waals surface area contributed by atoms with Crippen LogP contribution in [-0.4, -0.2) is 23.0 Å². The summed E-state index contributed by atoms with van der Waals surface area (Å²) in [6.07, 6.45) is 0.725. The summed E-state index contributed by atoms with van der Waals surface area (Å²) >= 11 is 0. The van der Waals surface area contributed by atoms with Gasteiger partial charge < -0.3 is 5.11 Å². The maximum Gasteiger partial charge on any atom is 0.0988 e. The Morgan fingerprint density at radius 2 is 1.91 bits per heavy atom. The van der Waals surface area contributed by atoms with Crippen LogP contribution in [0.3, 0.4) is 0 Å². The molecule has 0 radical (unpaired) electrons. The molecule has 0 fully saturated rings. The van der Waals surface area contributed by atoms with Gasteiger partial charge in [-0.3, -0.25) is 4.99 Å². The van der Waals surface area contributed by atoms with Crippen molar-refractivity contribution in [2.45, 2.75) is 39.7 Å². The van der Waals surface area contributed by atoms with Crippen molar-refractivity contribution in [3.8, 4) is 0 Å². The van der Waals surface area contributed by atoms with Gasteiger partial charge in [0, 0.05) is 59.2 Å². The number of hydrogen-bond acceptors (Lipinski definition) is 2. The molecule has 0 aromatic heterocycles. The maximum absolute atomic E-state index is 9.59. The van der Waals surface area contributed by atoms with Gasteiger partial charge in [-0.15, -0.1) is 0 Å². The van der Waals surface area contributed by atoms with Gasteiger partial charge in [0.25, 0.3) is 0 Å². The van der Waals surface area contributed by atoms with E-state index in [1.165, 1.54) is 0 Å². The number of rotatable bonds is 3. The maximum atomic E-state index is 9.59. The van der Waals surface area contributed by atoms with Crippen LogP contribution in [0.15, 0.2) is 4.99 Å². The van der Waals surface area contributed by atoms with Crippen LogP contribution in [0.4, 0.5) is 0 Å². The number of hydrogen-bond donors (Lipinski definition) is 1. The van der Waals surface area contributed by atoms with Gasteiger partial charge in [-0.1, -0.05) is 6.92 Å². The molecule has 0 saturated heterocycles. The van der Waals surface area contributed by atoms with E-state index in [1.807, 2.05) is 20.8 Å². The van der Waals surface area contributed by atoms with Crippen molar-refractivity contribution in [1.82, 2.24) is 0 Å². The number of aliphatic hydroxyl groups is 1. The van der Waals surface area contributed by atoms with E-state index >= 15 is 0 Å².